The number of nitrogens with zero attached hydrogens (tertiary/aromatic N) is 1. The summed E-state index contributed by atoms with van der Waals surface area (Å²) in [6.07, 6.45) is 6.61. The van der Waals surface area contributed by atoms with Gasteiger partial charge in [-0.25, -0.2) is 4.79 Å². The Morgan fingerprint density at radius 2 is 2.09 bits per heavy atom. The van der Waals surface area contributed by atoms with E-state index in [0.717, 1.165) is 45.2 Å². The van der Waals surface area contributed by atoms with Gasteiger partial charge in [-0.05, 0) is 36.3 Å². The molecule has 22 heavy (non-hydrogen) atoms. The van der Waals surface area contributed by atoms with Crippen LogP contribution in [0.4, 0.5) is 4.79 Å². The van der Waals surface area contributed by atoms with Crippen molar-refractivity contribution in [2.75, 3.05) is 13.1 Å². The summed E-state index contributed by atoms with van der Waals surface area (Å²) in [5, 5.41) is 7.48. The third kappa shape index (κ3) is 4.08. The number of amides is 3. The van der Waals surface area contributed by atoms with Crippen molar-refractivity contribution < 1.29 is 9.59 Å². The van der Waals surface area contributed by atoms with E-state index < -0.39 is 0 Å². The molecule has 0 aromatic carbocycles. The third-order valence-electron chi connectivity index (χ3n) is 4.45. The molecular weight excluding hydrogens is 298 g/mol. The molecule has 1 fully saturated rings. The highest BCUT2D eigenvalue weighted by Crippen LogP contribution is 2.23. The molecule has 3 rings (SSSR count). The molecule has 1 saturated carbocycles. The van der Waals surface area contributed by atoms with Gasteiger partial charge in [-0.15, -0.1) is 11.3 Å². The number of thiophene rings is 1. The van der Waals surface area contributed by atoms with E-state index in [1.54, 1.807) is 11.3 Å². The number of carbonyl (C=O) groups excluding carboxylic acids is 2. The van der Waals surface area contributed by atoms with Gasteiger partial charge >= 0.3 is 6.03 Å². The van der Waals surface area contributed by atoms with Gasteiger partial charge in [-0.3, -0.25) is 15.0 Å². The zero-order chi connectivity index (χ0) is 15.4. The molecule has 1 aliphatic carbocycles. The van der Waals surface area contributed by atoms with E-state index in [-0.39, 0.29) is 24.5 Å². The molecule has 2 N–H and O–H groups in total. The molecule has 1 aromatic rings. The Hall–Kier alpha value is -1.40. The molecule has 0 saturated heterocycles. The van der Waals surface area contributed by atoms with Crippen LogP contribution in [0.2, 0.25) is 0 Å². The molecule has 1 aromatic heterocycles. The van der Waals surface area contributed by atoms with Crippen molar-refractivity contribution in [1.29, 1.82) is 0 Å². The maximum atomic E-state index is 12.0. The summed E-state index contributed by atoms with van der Waals surface area (Å²) in [6, 6.07) is 2.01. The van der Waals surface area contributed by atoms with Crippen molar-refractivity contribution in [1.82, 2.24) is 15.5 Å². The van der Waals surface area contributed by atoms with Crippen LogP contribution in [0.25, 0.3) is 0 Å². The van der Waals surface area contributed by atoms with Crippen molar-refractivity contribution in [3.05, 3.63) is 21.9 Å². The number of fused-ring (bicyclic) bond motifs is 1. The first kappa shape index (κ1) is 15.5. The first-order valence-electron chi connectivity index (χ1n) is 8.08. The lowest BCUT2D eigenvalue weighted by Crippen LogP contribution is -2.48. The fourth-order valence-corrected chi connectivity index (χ4v) is 4.17. The predicted octanol–water partition coefficient (Wildman–Crippen LogP) is 2.26. The van der Waals surface area contributed by atoms with Crippen molar-refractivity contribution >= 4 is 23.3 Å². The maximum Gasteiger partial charge on any atom is 0.321 e. The summed E-state index contributed by atoms with van der Waals surface area (Å²) < 4.78 is 0. The first-order chi connectivity index (χ1) is 10.7. The van der Waals surface area contributed by atoms with Gasteiger partial charge in [0.05, 0.1) is 6.54 Å². The molecular formula is C16H23N3O2S. The minimum Gasteiger partial charge on any atom is -0.335 e. The van der Waals surface area contributed by atoms with Crippen LogP contribution in [0.5, 0.6) is 0 Å². The molecule has 0 spiro atoms. The Morgan fingerprint density at radius 3 is 2.91 bits per heavy atom. The molecule has 0 bridgehead atoms. The van der Waals surface area contributed by atoms with E-state index in [2.05, 4.69) is 27.0 Å². The van der Waals surface area contributed by atoms with Crippen LogP contribution in [-0.4, -0.2) is 36.0 Å². The molecule has 0 atom stereocenters. The molecule has 3 amide bonds. The van der Waals surface area contributed by atoms with Crippen LogP contribution in [0.3, 0.4) is 0 Å². The Balaban J connectivity index is 1.41. The van der Waals surface area contributed by atoms with Crippen LogP contribution in [0, 0.1) is 0 Å². The molecule has 5 nitrogen and oxygen atoms in total. The van der Waals surface area contributed by atoms with E-state index >= 15 is 0 Å². The van der Waals surface area contributed by atoms with Gasteiger partial charge in [0, 0.05) is 24.0 Å². The van der Waals surface area contributed by atoms with Gasteiger partial charge in [-0.1, -0.05) is 19.3 Å². The summed E-state index contributed by atoms with van der Waals surface area (Å²) in [4.78, 5) is 27.4. The molecule has 120 valence electrons. The number of nitrogens with one attached hydrogen (secondary N) is 2. The second kappa shape index (κ2) is 7.24. The van der Waals surface area contributed by atoms with Gasteiger partial charge in [0.2, 0.25) is 5.91 Å². The minimum absolute atomic E-state index is 0.216. The number of urea groups is 1. The topological polar surface area (TPSA) is 61.4 Å². The molecule has 0 radical (unpaired) electrons. The number of imide groups is 1. The number of hydrogen-bond acceptors (Lipinski definition) is 4. The van der Waals surface area contributed by atoms with Crippen LogP contribution in [-0.2, 0) is 17.8 Å². The lowest BCUT2D eigenvalue weighted by molar-refractivity contribution is -0.121. The quantitative estimate of drug-likeness (QED) is 0.898. The molecule has 2 aliphatic rings. The minimum atomic E-state index is -0.342. The smallest absolute Gasteiger partial charge is 0.321 e. The van der Waals surface area contributed by atoms with Crippen LogP contribution in [0.15, 0.2) is 11.4 Å². The van der Waals surface area contributed by atoms with Crippen LogP contribution in [0.1, 0.15) is 42.5 Å². The van der Waals surface area contributed by atoms with E-state index in [1.807, 2.05) is 0 Å². The third-order valence-corrected chi connectivity index (χ3v) is 5.47. The Morgan fingerprint density at radius 1 is 1.27 bits per heavy atom. The summed E-state index contributed by atoms with van der Waals surface area (Å²) in [6.45, 7) is 1.97. The Bertz CT molecular complexity index is 537. The van der Waals surface area contributed by atoms with Crippen molar-refractivity contribution in [2.45, 2.75) is 51.1 Å². The first-order valence-corrected chi connectivity index (χ1v) is 8.96. The SMILES string of the molecule is O=C(CN1CCc2sccc2C1)NC(=O)NC1CCCCC1. The average molecular weight is 321 g/mol. The highest BCUT2D eigenvalue weighted by molar-refractivity contribution is 7.10. The lowest BCUT2D eigenvalue weighted by atomic mass is 9.96. The zero-order valence-electron chi connectivity index (χ0n) is 12.8. The van der Waals surface area contributed by atoms with E-state index in [1.165, 1.54) is 16.9 Å². The largest absolute Gasteiger partial charge is 0.335 e. The predicted molar refractivity (Wildman–Crippen MR) is 86.8 cm³/mol. The van der Waals surface area contributed by atoms with E-state index in [9.17, 15) is 9.59 Å². The normalized spacial score (nSPS) is 19.5. The van der Waals surface area contributed by atoms with E-state index in [4.69, 9.17) is 0 Å². The van der Waals surface area contributed by atoms with Crippen molar-refractivity contribution in [2.24, 2.45) is 0 Å². The monoisotopic (exact) mass is 321 g/mol. The molecule has 2 heterocycles. The Labute approximate surface area is 135 Å². The molecule has 6 heteroatoms. The highest BCUT2D eigenvalue weighted by Gasteiger charge is 2.21. The maximum absolute atomic E-state index is 12.0. The van der Waals surface area contributed by atoms with Gasteiger partial charge in [0.25, 0.3) is 0 Å². The van der Waals surface area contributed by atoms with Gasteiger partial charge in [0.15, 0.2) is 0 Å². The second-order valence-electron chi connectivity index (χ2n) is 6.19. The molecule has 1 aliphatic heterocycles. The van der Waals surface area contributed by atoms with E-state index in [0.29, 0.717) is 0 Å². The van der Waals surface area contributed by atoms with Crippen molar-refractivity contribution in [3.63, 3.8) is 0 Å². The lowest BCUT2D eigenvalue weighted by Gasteiger charge is -2.26. The Kier molecular flexibility index (Phi) is 5.10. The fourth-order valence-electron chi connectivity index (χ4n) is 3.28. The average Bonchev–Trinajstić information content (AvgIpc) is 2.95. The number of hydrogen-bond donors (Lipinski definition) is 2. The summed E-state index contributed by atoms with van der Waals surface area (Å²) in [7, 11) is 0. The number of carbonyl (C=O) groups is 2. The molecule has 0 unspecified atom stereocenters. The summed E-state index contributed by atoms with van der Waals surface area (Å²) in [5.74, 6) is -0.216. The number of rotatable bonds is 3. The van der Waals surface area contributed by atoms with Crippen molar-refractivity contribution in [3.8, 4) is 0 Å². The summed E-state index contributed by atoms with van der Waals surface area (Å²) >= 11 is 1.79. The highest BCUT2D eigenvalue weighted by atomic mass is 32.1. The van der Waals surface area contributed by atoms with Gasteiger partial charge < -0.3 is 5.32 Å². The van der Waals surface area contributed by atoms with Gasteiger partial charge in [0.1, 0.15) is 0 Å². The van der Waals surface area contributed by atoms with Crippen LogP contribution < -0.4 is 10.6 Å². The van der Waals surface area contributed by atoms with Gasteiger partial charge in [-0.2, -0.15) is 0 Å². The summed E-state index contributed by atoms with van der Waals surface area (Å²) in [5.41, 5.74) is 1.32. The fraction of sp³-hybridized carbons (Fsp3) is 0.625. The van der Waals surface area contributed by atoms with Crippen LogP contribution >= 0.6 is 11.3 Å². The standard InChI is InChI=1S/C16H23N3O2S/c20-15(18-16(21)17-13-4-2-1-3-5-13)11-19-8-6-14-12(10-19)7-9-22-14/h7,9,13H,1-6,8,10-11H2,(H2,17,18,20,21). The zero-order valence-corrected chi connectivity index (χ0v) is 13.6. The second-order valence-corrected chi connectivity index (χ2v) is 7.19.